The van der Waals surface area contributed by atoms with Gasteiger partial charge in [-0.25, -0.2) is 0 Å². The molecular formula is C11H24N2. The molecule has 1 saturated carbocycles. The number of rotatable bonds is 4. The minimum atomic E-state index is 0.701. The summed E-state index contributed by atoms with van der Waals surface area (Å²) in [6.45, 7) is 5.69. The molecule has 0 aromatic rings. The Morgan fingerprint density at radius 2 is 1.77 bits per heavy atom. The molecule has 0 bridgehead atoms. The molecule has 78 valence electrons. The smallest absolute Gasteiger partial charge is 0.0221 e. The van der Waals surface area contributed by atoms with Gasteiger partial charge in [0.25, 0.3) is 0 Å². The maximum absolute atomic E-state index is 3.66. The average Bonchev–Trinajstić information content (AvgIpc) is 2.15. The zero-order chi connectivity index (χ0) is 9.68. The van der Waals surface area contributed by atoms with E-state index in [2.05, 4.69) is 31.5 Å². The minimum Gasteiger partial charge on any atom is -0.315 e. The van der Waals surface area contributed by atoms with E-state index in [1.165, 1.54) is 25.7 Å². The van der Waals surface area contributed by atoms with Crippen LogP contribution in [-0.4, -0.2) is 25.7 Å². The molecule has 0 aromatic carbocycles. The van der Waals surface area contributed by atoms with Crippen molar-refractivity contribution in [3.8, 4) is 0 Å². The van der Waals surface area contributed by atoms with Crippen LogP contribution in [0.3, 0.4) is 0 Å². The molecule has 0 spiro atoms. The van der Waals surface area contributed by atoms with Crippen molar-refractivity contribution in [1.29, 1.82) is 0 Å². The van der Waals surface area contributed by atoms with Gasteiger partial charge in [-0.3, -0.25) is 0 Å². The predicted octanol–water partition coefficient (Wildman–Crippen LogP) is 1.76. The topological polar surface area (TPSA) is 24.1 Å². The fraction of sp³-hybridized carbons (Fsp3) is 1.00. The number of hydrogen-bond donors (Lipinski definition) is 2. The van der Waals surface area contributed by atoms with Crippen molar-refractivity contribution in [3.63, 3.8) is 0 Å². The van der Waals surface area contributed by atoms with Crippen LogP contribution in [0, 0.1) is 5.92 Å². The normalized spacial score (nSPS) is 29.5. The fourth-order valence-electron chi connectivity index (χ4n) is 2.11. The van der Waals surface area contributed by atoms with Crippen molar-refractivity contribution >= 4 is 0 Å². The molecule has 0 radical (unpaired) electrons. The van der Waals surface area contributed by atoms with Crippen molar-refractivity contribution in [2.75, 3.05) is 13.6 Å². The fourth-order valence-corrected chi connectivity index (χ4v) is 2.11. The molecule has 2 unspecified atom stereocenters. The summed E-state index contributed by atoms with van der Waals surface area (Å²) in [7, 11) is 2.08. The summed E-state index contributed by atoms with van der Waals surface area (Å²) in [5.41, 5.74) is 0. The van der Waals surface area contributed by atoms with Gasteiger partial charge in [0.1, 0.15) is 0 Å². The molecule has 1 aliphatic carbocycles. The molecule has 1 rings (SSSR count). The molecule has 1 aliphatic rings. The van der Waals surface area contributed by atoms with Crippen LogP contribution in [0.4, 0.5) is 0 Å². The van der Waals surface area contributed by atoms with Gasteiger partial charge >= 0.3 is 0 Å². The van der Waals surface area contributed by atoms with Crippen molar-refractivity contribution in [1.82, 2.24) is 10.6 Å². The Morgan fingerprint density at radius 1 is 1.15 bits per heavy atom. The Balaban J connectivity index is 2.27. The van der Waals surface area contributed by atoms with Crippen LogP contribution in [-0.2, 0) is 0 Å². The highest BCUT2D eigenvalue weighted by molar-refractivity contribution is 4.85. The summed E-state index contributed by atoms with van der Waals surface area (Å²) in [5, 5.41) is 7.07. The summed E-state index contributed by atoms with van der Waals surface area (Å²) >= 11 is 0. The Bertz CT molecular complexity index is 134. The van der Waals surface area contributed by atoms with Crippen molar-refractivity contribution in [3.05, 3.63) is 0 Å². The predicted molar refractivity (Wildman–Crippen MR) is 57.9 cm³/mol. The highest BCUT2D eigenvalue weighted by atomic mass is 15.0. The van der Waals surface area contributed by atoms with E-state index in [1.54, 1.807) is 0 Å². The van der Waals surface area contributed by atoms with Crippen LogP contribution >= 0.6 is 0 Å². The summed E-state index contributed by atoms with van der Waals surface area (Å²) in [6, 6.07) is 1.41. The van der Waals surface area contributed by atoms with Crippen LogP contribution in [0.5, 0.6) is 0 Å². The van der Waals surface area contributed by atoms with Crippen molar-refractivity contribution < 1.29 is 0 Å². The summed E-state index contributed by atoms with van der Waals surface area (Å²) < 4.78 is 0. The third-order valence-corrected chi connectivity index (χ3v) is 2.93. The third-order valence-electron chi connectivity index (χ3n) is 2.93. The quantitative estimate of drug-likeness (QED) is 0.696. The first-order chi connectivity index (χ1) is 6.24. The molecule has 0 amide bonds. The van der Waals surface area contributed by atoms with Gasteiger partial charge in [-0.1, -0.05) is 26.7 Å². The summed E-state index contributed by atoms with van der Waals surface area (Å²) in [5.74, 6) is 0.763. The van der Waals surface area contributed by atoms with Gasteiger partial charge in [-0.2, -0.15) is 0 Å². The minimum absolute atomic E-state index is 0.701. The maximum Gasteiger partial charge on any atom is 0.0221 e. The lowest BCUT2D eigenvalue weighted by Crippen LogP contribution is -2.49. The Labute approximate surface area is 82.5 Å². The van der Waals surface area contributed by atoms with Crippen LogP contribution in [0.1, 0.15) is 39.5 Å². The van der Waals surface area contributed by atoms with E-state index in [9.17, 15) is 0 Å². The second-order valence-electron chi connectivity index (χ2n) is 4.59. The van der Waals surface area contributed by atoms with E-state index in [0.717, 1.165) is 12.5 Å². The standard InChI is InChI=1S/C11H24N2/c1-9(2)8-13-11-7-5-4-6-10(11)12-3/h9-13H,4-8H2,1-3H3. The van der Waals surface area contributed by atoms with E-state index in [0.29, 0.717) is 12.1 Å². The summed E-state index contributed by atoms with van der Waals surface area (Å²) in [6.07, 6.45) is 5.48. The molecule has 0 aliphatic heterocycles. The maximum atomic E-state index is 3.66. The van der Waals surface area contributed by atoms with E-state index in [-0.39, 0.29) is 0 Å². The number of likely N-dealkylation sites (N-methyl/N-ethyl adjacent to an activating group) is 1. The Morgan fingerprint density at radius 3 is 2.31 bits per heavy atom. The average molecular weight is 184 g/mol. The van der Waals surface area contributed by atoms with E-state index < -0.39 is 0 Å². The SMILES string of the molecule is CNC1CCCCC1NCC(C)C. The summed E-state index contributed by atoms with van der Waals surface area (Å²) in [4.78, 5) is 0. The largest absolute Gasteiger partial charge is 0.315 e. The van der Waals surface area contributed by atoms with Gasteiger partial charge in [0.15, 0.2) is 0 Å². The monoisotopic (exact) mass is 184 g/mol. The second kappa shape index (κ2) is 5.61. The van der Waals surface area contributed by atoms with E-state index in [4.69, 9.17) is 0 Å². The van der Waals surface area contributed by atoms with E-state index in [1.807, 2.05) is 0 Å². The van der Waals surface area contributed by atoms with Gasteiger partial charge < -0.3 is 10.6 Å². The van der Waals surface area contributed by atoms with Gasteiger partial charge in [-0.05, 0) is 32.4 Å². The van der Waals surface area contributed by atoms with E-state index >= 15 is 0 Å². The number of nitrogens with one attached hydrogen (secondary N) is 2. The Kier molecular flexibility index (Phi) is 4.74. The van der Waals surface area contributed by atoms with Crippen LogP contribution in [0.25, 0.3) is 0 Å². The first kappa shape index (κ1) is 11.0. The molecular weight excluding hydrogens is 160 g/mol. The first-order valence-electron chi connectivity index (χ1n) is 5.64. The van der Waals surface area contributed by atoms with Gasteiger partial charge in [0.05, 0.1) is 0 Å². The molecule has 1 fully saturated rings. The van der Waals surface area contributed by atoms with Crippen LogP contribution in [0.15, 0.2) is 0 Å². The first-order valence-corrected chi connectivity index (χ1v) is 5.64. The lowest BCUT2D eigenvalue weighted by molar-refractivity contribution is 0.288. The van der Waals surface area contributed by atoms with Crippen molar-refractivity contribution in [2.45, 2.75) is 51.6 Å². The third kappa shape index (κ3) is 3.65. The van der Waals surface area contributed by atoms with Gasteiger partial charge in [0, 0.05) is 12.1 Å². The highest BCUT2D eigenvalue weighted by Crippen LogP contribution is 2.18. The zero-order valence-corrected chi connectivity index (χ0v) is 9.27. The Hall–Kier alpha value is -0.0800. The molecule has 2 atom stereocenters. The van der Waals surface area contributed by atoms with Crippen LogP contribution < -0.4 is 10.6 Å². The highest BCUT2D eigenvalue weighted by Gasteiger charge is 2.22. The zero-order valence-electron chi connectivity index (χ0n) is 9.27. The molecule has 0 saturated heterocycles. The lowest BCUT2D eigenvalue weighted by atomic mass is 9.90. The molecule has 13 heavy (non-hydrogen) atoms. The lowest BCUT2D eigenvalue weighted by Gasteiger charge is -2.32. The molecule has 0 aromatic heterocycles. The molecule has 2 N–H and O–H groups in total. The van der Waals surface area contributed by atoms with Gasteiger partial charge in [-0.15, -0.1) is 0 Å². The number of hydrogen-bond acceptors (Lipinski definition) is 2. The molecule has 0 heterocycles. The van der Waals surface area contributed by atoms with Gasteiger partial charge in [0.2, 0.25) is 0 Å². The van der Waals surface area contributed by atoms with Crippen LogP contribution in [0.2, 0.25) is 0 Å². The molecule has 2 heteroatoms. The molecule has 2 nitrogen and oxygen atoms in total. The van der Waals surface area contributed by atoms with Crippen molar-refractivity contribution in [2.24, 2.45) is 5.92 Å². The second-order valence-corrected chi connectivity index (χ2v) is 4.59.